The fourth-order valence-corrected chi connectivity index (χ4v) is 2.65. The highest BCUT2D eigenvalue weighted by Crippen LogP contribution is 2.11. The molecule has 0 aliphatic rings. The third-order valence-corrected chi connectivity index (χ3v) is 3.77. The average molecular weight is 271 g/mol. The van der Waals surface area contributed by atoms with Gasteiger partial charge in [-0.2, -0.15) is 5.10 Å². The number of hydrogen-bond acceptors (Lipinski definition) is 3. The molecule has 0 spiro atoms. The lowest BCUT2D eigenvalue weighted by Gasteiger charge is -2.03. The zero-order chi connectivity index (χ0) is 13.1. The van der Waals surface area contributed by atoms with Crippen molar-refractivity contribution in [1.82, 2.24) is 14.9 Å². The van der Waals surface area contributed by atoms with Gasteiger partial charge in [-0.25, -0.2) is 4.52 Å². The first-order valence-electron chi connectivity index (χ1n) is 6.03. The molecule has 1 amide bonds. The van der Waals surface area contributed by atoms with Crippen LogP contribution in [0.2, 0.25) is 0 Å². The molecule has 0 atom stereocenters. The smallest absolute Gasteiger partial charge is 0.225 e. The molecular formula is C14H13N3OS. The minimum absolute atomic E-state index is 0.0396. The quantitative estimate of drug-likeness (QED) is 0.791. The summed E-state index contributed by atoms with van der Waals surface area (Å²) < 4.78 is 1.81. The van der Waals surface area contributed by atoms with Crippen molar-refractivity contribution in [1.29, 1.82) is 0 Å². The summed E-state index contributed by atoms with van der Waals surface area (Å²) in [5.41, 5.74) is 2.05. The maximum absolute atomic E-state index is 11.8. The summed E-state index contributed by atoms with van der Waals surface area (Å²) in [6.07, 6.45) is 4.13. The highest BCUT2D eigenvalue weighted by Gasteiger charge is 2.07. The minimum atomic E-state index is 0.0396. The van der Waals surface area contributed by atoms with Crippen molar-refractivity contribution < 1.29 is 4.79 Å². The predicted octanol–water partition coefficient (Wildman–Crippen LogP) is 2.25. The molecule has 0 unspecified atom stereocenters. The standard InChI is InChI=1S/C14H13N3OS/c18-14(8-12-4-3-7-19-12)15-9-11-10-16-17-6-2-1-5-13(11)17/h1-7,10H,8-9H2,(H,15,18). The van der Waals surface area contributed by atoms with Crippen LogP contribution < -0.4 is 5.32 Å². The fourth-order valence-electron chi connectivity index (χ4n) is 1.95. The minimum Gasteiger partial charge on any atom is -0.352 e. The van der Waals surface area contributed by atoms with Crippen LogP contribution in [0.1, 0.15) is 10.4 Å². The van der Waals surface area contributed by atoms with Gasteiger partial charge in [0.2, 0.25) is 5.91 Å². The third-order valence-electron chi connectivity index (χ3n) is 2.90. The maximum atomic E-state index is 11.8. The Hall–Kier alpha value is -2.14. The number of nitrogens with zero attached hydrogens (tertiary/aromatic N) is 2. The summed E-state index contributed by atoms with van der Waals surface area (Å²) in [7, 11) is 0. The molecule has 1 N–H and O–H groups in total. The van der Waals surface area contributed by atoms with Crippen LogP contribution in [-0.4, -0.2) is 15.5 Å². The molecule has 0 aliphatic heterocycles. The molecule has 0 fully saturated rings. The molecule has 0 saturated heterocycles. The number of carbonyl (C=O) groups is 1. The lowest BCUT2D eigenvalue weighted by Crippen LogP contribution is -2.24. The van der Waals surface area contributed by atoms with Gasteiger partial charge in [0, 0.05) is 23.2 Å². The summed E-state index contributed by atoms with van der Waals surface area (Å²) in [5, 5.41) is 9.15. The first kappa shape index (κ1) is 11.9. The number of carbonyl (C=O) groups excluding carboxylic acids is 1. The second kappa shape index (κ2) is 5.24. The number of nitrogens with one attached hydrogen (secondary N) is 1. The van der Waals surface area contributed by atoms with E-state index in [9.17, 15) is 4.79 Å². The van der Waals surface area contributed by atoms with Gasteiger partial charge in [0.15, 0.2) is 0 Å². The summed E-state index contributed by atoms with van der Waals surface area (Å²) in [6, 6.07) is 9.82. The van der Waals surface area contributed by atoms with E-state index in [0.29, 0.717) is 13.0 Å². The fraction of sp³-hybridized carbons (Fsp3) is 0.143. The molecule has 0 aromatic carbocycles. The van der Waals surface area contributed by atoms with Gasteiger partial charge in [0.1, 0.15) is 0 Å². The molecule has 3 aromatic rings. The van der Waals surface area contributed by atoms with E-state index in [1.807, 2.05) is 41.9 Å². The Bertz CT molecular complexity index is 688. The molecule has 0 saturated carbocycles. The Morgan fingerprint density at radius 1 is 1.32 bits per heavy atom. The predicted molar refractivity (Wildman–Crippen MR) is 75.1 cm³/mol. The van der Waals surface area contributed by atoms with Gasteiger partial charge < -0.3 is 5.32 Å². The zero-order valence-electron chi connectivity index (χ0n) is 10.2. The third kappa shape index (κ3) is 2.66. The van der Waals surface area contributed by atoms with Crippen molar-refractivity contribution in [3.05, 3.63) is 58.5 Å². The number of aromatic nitrogens is 2. The second-order valence-corrected chi connectivity index (χ2v) is 5.27. The van der Waals surface area contributed by atoms with Crippen LogP contribution in [0.15, 0.2) is 48.1 Å². The van der Waals surface area contributed by atoms with Crippen molar-refractivity contribution in [2.75, 3.05) is 0 Å². The van der Waals surface area contributed by atoms with Crippen LogP contribution in [-0.2, 0) is 17.8 Å². The lowest BCUT2D eigenvalue weighted by atomic mass is 10.2. The molecule has 3 aromatic heterocycles. The van der Waals surface area contributed by atoms with Crippen LogP contribution >= 0.6 is 11.3 Å². The highest BCUT2D eigenvalue weighted by molar-refractivity contribution is 7.10. The number of rotatable bonds is 4. The van der Waals surface area contributed by atoms with Gasteiger partial charge in [-0.05, 0) is 23.6 Å². The van der Waals surface area contributed by atoms with E-state index in [0.717, 1.165) is 16.0 Å². The lowest BCUT2D eigenvalue weighted by molar-refractivity contribution is -0.120. The van der Waals surface area contributed by atoms with Crippen LogP contribution in [0.25, 0.3) is 5.52 Å². The van der Waals surface area contributed by atoms with E-state index >= 15 is 0 Å². The Kier molecular flexibility index (Phi) is 3.29. The Morgan fingerprint density at radius 2 is 2.26 bits per heavy atom. The molecule has 4 nitrogen and oxygen atoms in total. The molecule has 5 heteroatoms. The number of amides is 1. The van der Waals surface area contributed by atoms with E-state index in [2.05, 4.69) is 10.4 Å². The Labute approximate surface area is 114 Å². The second-order valence-electron chi connectivity index (χ2n) is 4.23. The molecule has 0 radical (unpaired) electrons. The van der Waals surface area contributed by atoms with Gasteiger partial charge in [0.05, 0.1) is 18.1 Å². The number of pyridine rings is 1. The van der Waals surface area contributed by atoms with Gasteiger partial charge in [-0.3, -0.25) is 4.79 Å². The van der Waals surface area contributed by atoms with Crippen LogP contribution in [0.5, 0.6) is 0 Å². The molecule has 0 aliphatic carbocycles. The summed E-state index contributed by atoms with van der Waals surface area (Å²) in [5.74, 6) is 0.0396. The first-order chi connectivity index (χ1) is 9.33. The molecule has 0 bridgehead atoms. The van der Waals surface area contributed by atoms with Crippen molar-refractivity contribution in [3.8, 4) is 0 Å². The zero-order valence-corrected chi connectivity index (χ0v) is 11.1. The van der Waals surface area contributed by atoms with Crippen molar-refractivity contribution >= 4 is 22.8 Å². The molecule has 3 rings (SSSR count). The number of thiophene rings is 1. The van der Waals surface area contributed by atoms with Gasteiger partial charge in [-0.1, -0.05) is 12.1 Å². The van der Waals surface area contributed by atoms with E-state index in [-0.39, 0.29) is 5.91 Å². The van der Waals surface area contributed by atoms with Gasteiger partial charge in [0.25, 0.3) is 0 Å². The summed E-state index contributed by atoms with van der Waals surface area (Å²) in [4.78, 5) is 12.9. The molecule has 19 heavy (non-hydrogen) atoms. The molecule has 3 heterocycles. The van der Waals surface area contributed by atoms with E-state index in [4.69, 9.17) is 0 Å². The normalized spacial score (nSPS) is 10.7. The van der Waals surface area contributed by atoms with Crippen molar-refractivity contribution in [2.24, 2.45) is 0 Å². The highest BCUT2D eigenvalue weighted by atomic mass is 32.1. The van der Waals surface area contributed by atoms with Crippen LogP contribution in [0, 0.1) is 0 Å². The largest absolute Gasteiger partial charge is 0.352 e. The van der Waals surface area contributed by atoms with Crippen LogP contribution in [0.4, 0.5) is 0 Å². The summed E-state index contributed by atoms with van der Waals surface area (Å²) in [6.45, 7) is 0.512. The van der Waals surface area contributed by atoms with E-state index in [1.54, 1.807) is 22.0 Å². The number of fused-ring (bicyclic) bond motifs is 1. The molecule has 96 valence electrons. The Balaban J connectivity index is 1.64. The van der Waals surface area contributed by atoms with Gasteiger partial charge >= 0.3 is 0 Å². The van der Waals surface area contributed by atoms with E-state index in [1.165, 1.54) is 0 Å². The SMILES string of the molecule is O=C(Cc1cccs1)NCc1cnn2ccccc12. The number of hydrogen-bond donors (Lipinski definition) is 1. The summed E-state index contributed by atoms with van der Waals surface area (Å²) >= 11 is 1.60. The first-order valence-corrected chi connectivity index (χ1v) is 6.91. The van der Waals surface area contributed by atoms with Gasteiger partial charge in [-0.15, -0.1) is 11.3 Å². The average Bonchev–Trinajstić information content (AvgIpc) is 3.05. The topological polar surface area (TPSA) is 46.4 Å². The van der Waals surface area contributed by atoms with Crippen molar-refractivity contribution in [2.45, 2.75) is 13.0 Å². The maximum Gasteiger partial charge on any atom is 0.225 e. The Morgan fingerprint density at radius 3 is 3.11 bits per heavy atom. The van der Waals surface area contributed by atoms with Crippen LogP contribution in [0.3, 0.4) is 0 Å². The molecular weight excluding hydrogens is 258 g/mol. The monoisotopic (exact) mass is 271 g/mol. The van der Waals surface area contributed by atoms with E-state index < -0.39 is 0 Å². The van der Waals surface area contributed by atoms with Crippen molar-refractivity contribution in [3.63, 3.8) is 0 Å².